The fourth-order valence-electron chi connectivity index (χ4n) is 3.77. The van der Waals surface area contributed by atoms with Crippen molar-refractivity contribution in [2.45, 2.75) is 39.2 Å². The van der Waals surface area contributed by atoms with Crippen LogP contribution in [-0.4, -0.2) is 38.4 Å². The molecule has 0 unspecified atom stereocenters. The molecular formula is C21H24N4O. The number of likely N-dealkylation sites (tertiary alicyclic amines) is 1. The number of carbonyl (C=O) groups excluding carboxylic acids is 1. The average Bonchev–Trinajstić information content (AvgIpc) is 3.27. The number of fused-ring (bicyclic) bond motifs is 1. The Kier molecular flexibility index (Phi) is 4.45. The maximum absolute atomic E-state index is 12.8. The van der Waals surface area contributed by atoms with Crippen molar-refractivity contribution in [2.75, 3.05) is 13.1 Å². The molecule has 1 atom stereocenters. The first-order chi connectivity index (χ1) is 12.7. The van der Waals surface area contributed by atoms with Crippen molar-refractivity contribution in [3.63, 3.8) is 0 Å². The Labute approximate surface area is 153 Å². The Morgan fingerprint density at radius 2 is 2.04 bits per heavy atom. The van der Waals surface area contributed by atoms with Gasteiger partial charge in [0.15, 0.2) is 5.65 Å². The average molecular weight is 348 g/mol. The number of pyridine rings is 1. The van der Waals surface area contributed by atoms with Crippen LogP contribution in [0, 0.1) is 6.92 Å². The standard InChI is InChI=1S/C21H24N4O/c1-3-12-25-19(23-18-5-4-11-22-20(18)25)17-10-13-24(14-17)21(26)16-8-6-15(2)7-9-16/h4-9,11,17H,3,10,12-14H2,1-2H3/t17-/m1/s1. The van der Waals surface area contributed by atoms with E-state index >= 15 is 0 Å². The van der Waals surface area contributed by atoms with Gasteiger partial charge < -0.3 is 9.47 Å². The van der Waals surface area contributed by atoms with E-state index in [1.165, 1.54) is 5.56 Å². The molecule has 3 heterocycles. The summed E-state index contributed by atoms with van der Waals surface area (Å²) >= 11 is 0. The summed E-state index contributed by atoms with van der Waals surface area (Å²) in [6.45, 7) is 6.61. The minimum Gasteiger partial charge on any atom is -0.338 e. The van der Waals surface area contributed by atoms with E-state index < -0.39 is 0 Å². The monoisotopic (exact) mass is 348 g/mol. The Bertz CT molecular complexity index is 929. The highest BCUT2D eigenvalue weighted by Crippen LogP contribution is 2.30. The Morgan fingerprint density at radius 3 is 2.81 bits per heavy atom. The number of carbonyl (C=O) groups is 1. The summed E-state index contributed by atoms with van der Waals surface area (Å²) in [7, 11) is 0. The van der Waals surface area contributed by atoms with Crippen LogP contribution in [0.5, 0.6) is 0 Å². The first-order valence-corrected chi connectivity index (χ1v) is 9.34. The molecule has 1 amide bonds. The molecule has 26 heavy (non-hydrogen) atoms. The normalized spacial score (nSPS) is 17.2. The fraction of sp³-hybridized carbons (Fsp3) is 0.381. The zero-order chi connectivity index (χ0) is 18.1. The molecule has 134 valence electrons. The number of imidazole rings is 1. The van der Waals surface area contributed by atoms with Gasteiger partial charge in [-0.15, -0.1) is 0 Å². The molecule has 5 nitrogen and oxygen atoms in total. The van der Waals surface area contributed by atoms with Gasteiger partial charge in [-0.25, -0.2) is 9.97 Å². The zero-order valence-electron chi connectivity index (χ0n) is 15.4. The van der Waals surface area contributed by atoms with E-state index in [2.05, 4.69) is 16.5 Å². The Balaban J connectivity index is 1.59. The van der Waals surface area contributed by atoms with Crippen molar-refractivity contribution in [2.24, 2.45) is 0 Å². The summed E-state index contributed by atoms with van der Waals surface area (Å²) in [6.07, 6.45) is 3.81. The zero-order valence-corrected chi connectivity index (χ0v) is 15.4. The van der Waals surface area contributed by atoms with Gasteiger partial charge >= 0.3 is 0 Å². The maximum Gasteiger partial charge on any atom is 0.253 e. The number of hydrogen-bond donors (Lipinski definition) is 0. The molecule has 5 heteroatoms. The molecule has 0 spiro atoms. The highest BCUT2D eigenvalue weighted by molar-refractivity contribution is 5.94. The van der Waals surface area contributed by atoms with Crippen molar-refractivity contribution in [1.82, 2.24) is 19.4 Å². The second kappa shape index (κ2) is 6.90. The first-order valence-electron chi connectivity index (χ1n) is 9.34. The molecule has 0 saturated carbocycles. The van der Waals surface area contributed by atoms with Crippen molar-refractivity contribution in [1.29, 1.82) is 0 Å². The fourth-order valence-corrected chi connectivity index (χ4v) is 3.77. The van der Waals surface area contributed by atoms with Crippen LogP contribution < -0.4 is 0 Å². The topological polar surface area (TPSA) is 51.0 Å². The summed E-state index contributed by atoms with van der Waals surface area (Å²) in [6, 6.07) is 11.8. The van der Waals surface area contributed by atoms with Crippen LogP contribution in [0.15, 0.2) is 42.6 Å². The molecule has 1 aromatic carbocycles. The van der Waals surface area contributed by atoms with Gasteiger partial charge in [-0.3, -0.25) is 4.79 Å². The second-order valence-corrected chi connectivity index (χ2v) is 7.07. The molecule has 4 rings (SSSR count). The number of aromatic nitrogens is 3. The van der Waals surface area contributed by atoms with Crippen molar-refractivity contribution in [3.05, 3.63) is 59.5 Å². The first kappa shape index (κ1) is 16.8. The van der Waals surface area contributed by atoms with Gasteiger partial charge in [-0.1, -0.05) is 24.6 Å². The quantitative estimate of drug-likeness (QED) is 0.721. The lowest BCUT2D eigenvalue weighted by atomic mass is 10.1. The van der Waals surface area contributed by atoms with E-state index in [9.17, 15) is 4.79 Å². The van der Waals surface area contributed by atoms with Crippen LogP contribution in [0.1, 0.15) is 47.4 Å². The molecule has 1 aliphatic heterocycles. The number of hydrogen-bond acceptors (Lipinski definition) is 3. The summed E-state index contributed by atoms with van der Waals surface area (Å²) < 4.78 is 2.24. The Hall–Kier alpha value is -2.69. The lowest BCUT2D eigenvalue weighted by molar-refractivity contribution is 0.0790. The van der Waals surface area contributed by atoms with Crippen molar-refractivity contribution < 1.29 is 4.79 Å². The predicted octanol–water partition coefficient (Wildman–Crippen LogP) is 3.78. The predicted molar refractivity (Wildman–Crippen MR) is 102 cm³/mol. The summed E-state index contributed by atoms with van der Waals surface area (Å²) in [5.74, 6) is 1.45. The number of amides is 1. The lowest BCUT2D eigenvalue weighted by Crippen LogP contribution is -2.28. The molecule has 0 radical (unpaired) electrons. The van der Waals surface area contributed by atoms with Gasteiger partial charge in [-0.05, 0) is 44.0 Å². The van der Waals surface area contributed by atoms with Crippen LogP contribution in [-0.2, 0) is 6.54 Å². The van der Waals surface area contributed by atoms with Crippen molar-refractivity contribution >= 4 is 17.1 Å². The summed E-state index contributed by atoms with van der Waals surface area (Å²) in [5, 5.41) is 0. The van der Waals surface area contributed by atoms with E-state index in [4.69, 9.17) is 4.98 Å². The van der Waals surface area contributed by atoms with Gasteiger partial charge in [0.1, 0.15) is 11.3 Å². The van der Waals surface area contributed by atoms with E-state index in [-0.39, 0.29) is 11.8 Å². The molecule has 3 aromatic rings. The van der Waals surface area contributed by atoms with Crippen LogP contribution in [0.2, 0.25) is 0 Å². The molecule has 0 aliphatic carbocycles. The Morgan fingerprint density at radius 1 is 1.23 bits per heavy atom. The molecule has 1 aliphatic rings. The maximum atomic E-state index is 12.8. The number of nitrogens with zero attached hydrogens (tertiary/aromatic N) is 4. The SMILES string of the molecule is CCCn1c([C@@H]2CCN(C(=O)c3ccc(C)cc3)C2)nc2cccnc21. The summed E-state index contributed by atoms with van der Waals surface area (Å²) in [5.41, 5.74) is 3.83. The molecular weight excluding hydrogens is 324 g/mol. The highest BCUT2D eigenvalue weighted by Gasteiger charge is 2.31. The molecule has 1 fully saturated rings. The van der Waals surface area contributed by atoms with Gasteiger partial charge in [0, 0.05) is 37.3 Å². The molecule has 0 N–H and O–H groups in total. The third-order valence-corrected chi connectivity index (χ3v) is 5.12. The van der Waals surface area contributed by atoms with Crippen molar-refractivity contribution in [3.8, 4) is 0 Å². The van der Waals surface area contributed by atoms with Gasteiger partial charge in [0.2, 0.25) is 0 Å². The van der Waals surface area contributed by atoms with Crippen LogP contribution in [0.25, 0.3) is 11.2 Å². The summed E-state index contributed by atoms with van der Waals surface area (Å²) in [4.78, 5) is 24.1. The molecule has 1 saturated heterocycles. The van der Waals surface area contributed by atoms with Crippen LogP contribution in [0.3, 0.4) is 0 Å². The third-order valence-electron chi connectivity index (χ3n) is 5.12. The molecule has 0 bridgehead atoms. The second-order valence-electron chi connectivity index (χ2n) is 7.07. The van der Waals surface area contributed by atoms with E-state index in [1.807, 2.05) is 54.4 Å². The van der Waals surface area contributed by atoms with E-state index in [1.54, 1.807) is 0 Å². The lowest BCUT2D eigenvalue weighted by Gasteiger charge is -2.17. The number of benzene rings is 1. The van der Waals surface area contributed by atoms with Crippen LogP contribution in [0.4, 0.5) is 0 Å². The number of aryl methyl sites for hydroxylation is 2. The number of rotatable bonds is 4. The van der Waals surface area contributed by atoms with Crippen LogP contribution >= 0.6 is 0 Å². The third kappa shape index (κ3) is 2.98. The van der Waals surface area contributed by atoms with E-state index in [0.717, 1.165) is 55.0 Å². The highest BCUT2D eigenvalue weighted by atomic mass is 16.2. The smallest absolute Gasteiger partial charge is 0.253 e. The minimum absolute atomic E-state index is 0.115. The van der Waals surface area contributed by atoms with Gasteiger partial charge in [0.05, 0.1) is 0 Å². The van der Waals surface area contributed by atoms with Gasteiger partial charge in [0.25, 0.3) is 5.91 Å². The largest absolute Gasteiger partial charge is 0.338 e. The minimum atomic E-state index is 0.115. The van der Waals surface area contributed by atoms with E-state index in [0.29, 0.717) is 0 Å². The van der Waals surface area contributed by atoms with Gasteiger partial charge in [-0.2, -0.15) is 0 Å². The molecule has 2 aromatic heterocycles.